The number of carbonyl (C=O) groups is 1. The van der Waals surface area contributed by atoms with Crippen LogP contribution in [0.15, 0.2) is 101 Å². The molecule has 0 bridgehead atoms. The van der Waals surface area contributed by atoms with E-state index in [1.807, 2.05) is 19.1 Å². The second-order valence-electron chi connectivity index (χ2n) is 8.16. The highest BCUT2D eigenvalue weighted by molar-refractivity contribution is 7.91. The highest BCUT2D eigenvalue weighted by Gasteiger charge is 2.19. The van der Waals surface area contributed by atoms with E-state index >= 15 is 0 Å². The monoisotopic (exact) mass is 498 g/mol. The molecule has 0 fully saturated rings. The number of sulfone groups is 1. The van der Waals surface area contributed by atoms with Crippen LogP contribution in [0.4, 0.5) is 5.69 Å². The van der Waals surface area contributed by atoms with Crippen molar-refractivity contribution in [2.45, 2.75) is 23.1 Å². The van der Waals surface area contributed by atoms with Crippen LogP contribution in [0, 0.1) is 0 Å². The van der Waals surface area contributed by atoms with Crippen LogP contribution in [-0.2, 0) is 16.3 Å². The molecule has 0 unspecified atom stereocenters. The van der Waals surface area contributed by atoms with Crippen molar-refractivity contribution < 1.29 is 18.3 Å². The van der Waals surface area contributed by atoms with Gasteiger partial charge in [0, 0.05) is 17.3 Å². The number of aryl methyl sites for hydroxylation is 1. The molecule has 1 heterocycles. The van der Waals surface area contributed by atoms with Crippen molar-refractivity contribution in [1.82, 2.24) is 15.0 Å². The molecule has 0 saturated heterocycles. The predicted octanol–water partition coefficient (Wildman–Crippen LogP) is 4.77. The van der Waals surface area contributed by atoms with Crippen molar-refractivity contribution in [2.24, 2.45) is 0 Å². The van der Waals surface area contributed by atoms with Gasteiger partial charge in [0.1, 0.15) is 22.5 Å². The summed E-state index contributed by atoms with van der Waals surface area (Å²) in [5, 5.41) is 22.1. The lowest BCUT2D eigenvalue weighted by Gasteiger charge is -2.08. The van der Waals surface area contributed by atoms with Crippen LogP contribution in [0.2, 0.25) is 0 Å². The van der Waals surface area contributed by atoms with Crippen molar-refractivity contribution in [1.29, 1.82) is 0 Å². The Bertz CT molecular complexity index is 1680. The molecule has 36 heavy (non-hydrogen) atoms. The largest absolute Gasteiger partial charge is 0.506 e. The SMILES string of the molecule is CCc1ccc(C(=O)Nc2ccc(-n3nc4ccc(S(=O)(=O)c5ccccc5)cc4n3)c(O)c2)cc1. The fraction of sp³-hybridized carbons (Fsp3) is 0.0741. The number of nitrogens with zero attached hydrogens (tertiary/aromatic N) is 3. The predicted molar refractivity (Wildman–Crippen MR) is 136 cm³/mol. The van der Waals surface area contributed by atoms with Gasteiger partial charge in [-0.15, -0.1) is 15.0 Å². The first-order valence-electron chi connectivity index (χ1n) is 11.3. The Morgan fingerprint density at radius 3 is 2.28 bits per heavy atom. The molecule has 0 aliphatic heterocycles. The summed E-state index contributed by atoms with van der Waals surface area (Å²) in [6, 6.07) is 24.6. The Labute approximate surface area is 207 Å². The maximum absolute atomic E-state index is 12.9. The fourth-order valence-corrected chi connectivity index (χ4v) is 5.07. The normalized spacial score (nSPS) is 11.5. The minimum absolute atomic E-state index is 0.0995. The zero-order valence-electron chi connectivity index (χ0n) is 19.3. The fourth-order valence-electron chi connectivity index (χ4n) is 3.77. The molecule has 2 N–H and O–H groups in total. The van der Waals surface area contributed by atoms with E-state index in [1.54, 1.807) is 48.5 Å². The first-order valence-corrected chi connectivity index (χ1v) is 12.7. The van der Waals surface area contributed by atoms with Gasteiger partial charge in [-0.05, 0) is 66.6 Å². The first kappa shape index (κ1) is 23.3. The lowest BCUT2D eigenvalue weighted by Crippen LogP contribution is -2.12. The molecule has 8 nitrogen and oxygen atoms in total. The summed E-state index contributed by atoms with van der Waals surface area (Å²) in [7, 11) is -3.70. The lowest BCUT2D eigenvalue weighted by atomic mass is 10.1. The highest BCUT2D eigenvalue weighted by atomic mass is 32.2. The number of hydrogen-bond acceptors (Lipinski definition) is 6. The van der Waals surface area contributed by atoms with E-state index in [2.05, 4.69) is 15.5 Å². The van der Waals surface area contributed by atoms with Gasteiger partial charge >= 0.3 is 0 Å². The van der Waals surface area contributed by atoms with Gasteiger partial charge in [-0.25, -0.2) is 8.42 Å². The molecule has 0 aliphatic rings. The maximum Gasteiger partial charge on any atom is 0.255 e. The van der Waals surface area contributed by atoms with Crippen LogP contribution >= 0.6 is 0 Å². The number of anilines is 1. The second-order valence-corrected chi connectivity index (χ2v) is 10.1. The quantitative estimate of drug-likeness (QED) is 0.348. The van der Waals surface area contributed by atoms with Crippen LogP contribution in [0.5, 0.6) is 5.75 Å². The molecule has 0 aliphatic carbocycles. The summed E-state index contributed by atoms with van der Waals surface area (Å²) in [4.78, 5) is 14.1. The van der Waals surface area contributed by atoms with E-state index in [1.165, 1.54) is 35.1 Å². The third-order valence-corrected chi connectivity index (χ3v) is 7.56. The van der Waals surface area contributed by atoms with E-state index in [-0.39, 0.29) is 27.1 Å². The zero-order valence-corrected chi connectivity index (χ0v) is 20.1. The molecule has 1 aromatic heterocycles. The minimum atomic E-state index is -3.70. The zero-order chi connectivity index (χ0) is 25.3. The number of aromatic nitrogens is 3. The molecule has 4 aromatic carbocycles. The number of rotatable bonds is 6. The molecular weight excluding hydrogens is 476 g/mol. The molecule has 0 radical (unpaired) electrons. The summed E-state index contributed by atoms with van der Waals surface area (Å²) >= 11 is 0. The molecular formula is C27H22N4O4S. The van der Waals surface area contributed by atoms with Gasteiger partial charge in [-0.3, -0.25) is 4.79 Å². The number of aromatic hydroxyl groups is 1. The Morgan fingerprint density at radius 2 is 1.58 bits per heavy atom. The number of phenolic OH excluding ortho intramolecular Hbond substituents is 1. The molecule has 0 atom stereocenters. The number of phenols is 1. The van der Waals surface area contributed by atoms with Gasteiger partial charge in [0.15, 0.2) is 0 Å². The first-order chi connectivity index (χ1) is 17.3. The number of fused-ring (bicyclic) bond motifs is 1. The smallest absolute Gasteiger partial charge is 0.255 e. The van der Waals surface area contributed by atoms with Crippen molar-refractivity contribution in [2.75, 3.05) is 5.32 Å². The standard InChI is InChI=1S/C27H22N4O4S/c1-2-18-8-10-19(11-9-18)27(33)28-20-12-15-25(26(32)16-20)31-29-23-14-13-22(17-24(23)30-31)36(34,35)21-6-4-3-5-7-21/h3-17,32H,2H2,1H3,(H,28,33). The molecule has 0 spiro atoms. The van der Waals surface area contributed by atoms with Crippen LogP contribution in [0.3, 0.4) is 0 Å². The van der Waals surface area contributed by atoms with E-state index < -0.39 is 9.84 Å². The van der Waals surface area contributed by atoms with Crippen LogP contribution in [0.1, 0.15) is 22.8 Å². The molecule has 9 heteroatoms. The summed E-state index contributed by atoms with van der Waals surface area (Å²) in [6.07, 6.45) is 0.887. The topological polar surface area (TPSA) is 114 Å². The summed E-state index contributed by atoms with van der Waals surface area (Å²) < 4.78 is 25.9. The van der Waals surface area contributed by atoms with Gasteiger partial charge < -0.3 is 10.4 Å². The third-order valence-electron chi connectivity index (χ3n) is 5.79. The van der Waals surface area contributed by atoms with Gasteiger partial charge in [0.25, 0.3) is 5.91 Å². The Morgan fingerprint density at radius 1 is 0.861 bits per heavy atom. The Kier molecular flexibility index (Phi) is 5.99. The Hall–Kier alpha value is -4.50. The van der Waals surface area contributed by atoms with Crippen molar-refractivity contribution >= 4 is 32.5 Å². The number of benzene rings is 4. The average Bonchev–Trinajstić information content (AvgIpc) is 3.32. The van der Waals surface area contributed by atoms with E-state index in [0.717, 1.165) is 12.0 Å². The van der Waals surface area contributed by atoms with Crippen LogP contribution < -0.4 is 5.32 Å². The maximum atomic E-state index is 12.9. The van der Waals surface area contributed by atoms with E-state index in [0.29, 0.717) is 22.3 Å². The van der Waals surface area contributed by atoms with Crippen molar-refractivity contribution in [3.63, 3.8) is 0 Å². The number of hydrogen-bond donors (Lipinski definition) is 2. The van der Waals surface area contributed by atoms with Gasteiger partial charge in [0.2, 0.25) is 9.84 Å². The van der Waals surface area contributed by atoms with E-state index in [9.17, 15) is 18.3 Å². The lowest BCUT2D eigenvalue weighted by molar-refractivity contribution is 0.102. The van der Waals surface area contributed by atoms with Gasteiger partial charge in [0.05, 0.1) is 9.79 Å². The summed E-state index contributed by atoms with van der Waals surface area (Å²) in [6.45, 7) is 2.04. The van der Waals surface area contributed by atoms with E-state index in [4.69, 9.17) is 0 Å². The number of carbonyl (C=O) groups excluding carboxylic acids is 1. The molecule has 5 rings (SSSR count). The average molecular weight is 499 g/mol. The molecule has 0 saturated carbocycles. The van der Waals surface area contributed by atoms with Gasteiger partial charge in [-0.1, -0.05) is 37.3 Å². The third kappa shape index (κ3) is 4.44. The van der Waals surface area contributed by atoms with Crippen LogP contribution in [0.25, 0.3) is 16.7 Å². The Balaban J connectivity index is 1.40. The summed E-state index contributed by atoms with van der Waals surface area (Å²) in [5.74, 6) is -0.438. The minimum Gasteiger partial charge on any atom is -0.506 e. The van der Waals surface area contributed by atoms with Crippen LogP contribution in [-0.4, -0.2) is 34.4 Å². The second kappa shape index (κ2) is 9.27. The molecule has 1 amide bonds. The van der Waals surface area contributed by atoms with Crippen molar-refractivity contribution in [3.8, 4) is 11.4 Å². The number of nitrogens with one attached hydrogen (secondary N) is 1. The highest BCUT2D eigenvalue weighted by Crippen LogP contribution is 2.27. The molecule has 180 valence electrons. The van der Waals surface area contributed by atoms with Gasteiger partial charge in [-0.2, -0.15) is 0 Å². The van der Waals surface area contributed by atoms with Crippen molar-refractivity contribution in [3.05, 3.63) is 102 Å². The molecule has 5 aromatic rings. The summed E-state index contributed by atoms with van der Waals surface area (Å²) in [5.41, 5.74) is 3.17. The number of amides is 1.